The number of esters is 1. The maximum Gasteiger partial charge on any atom is 0.305 e. The Hall–Kier alpha value is -1.58. The largest absolute Gasteiger partial charge is 0.493 e. The van der Waals surface area contributed by atoms with Crippen LogP contribution in [0.4, 0.5) is 0 Å². The highest BCUT2D eigenvalue weighted by Gasteiger charge is 2.14. The van der Waals surface area contributed by atoms with Gasteiger partial charge in [0.2, 0.25) is 5.78 Å². The lowest BCUT2D eigenvalue weighted by Crippen LogP contribution is -2.13. The molecule has 1 unspecified atom stereocenters. The molecule has 0 fully saturated rings. The van der Waals surface area contributed by atoms with Gasteiger partial charge in [0.25, 0.3) is 0 Å². The van der Waals surface area contributed by atoms with E-state index in [9.17, 15) is 9.59 Å². The number of ether oxygens (including phenoxy) is 2. The monoisotopic (exact) mass is 280 g/mol. The summed E-state index contributed by atoms with van der Waals surface area (Å²) in [6.45, 7) is 4.00. The van der Waals surface area contributed by atoms with Gasteiger partial charge in [0.05, 0.1) is 13.7 Å². The zero-order chi connectivity index (χ0) is 15.0. The van der Waals surface area contributed by atoms with Crippen molar-refractivity contribution in [2.75, 3.05) is 13.7 Å². The Labute approximate surface area is 120 Å². The summed E-state index contributed by atoms with van der Waals surface area (Å²) >= 11 is 0. The molecule has 0 saturated carbocycles. The molecule has 0 N–H and O–H groups in total. The standard InChI is InChI=1S/C16H24O4/c1-12-10-13(2)16(18)14(19-3)8-6-4-5-7-9-15(17)20-11-12/h8,10,12H,4-7,9,11H2,1-3H3/b13-10+,14-8-. The van der Waals surface area contributed by atoms with Crippen LogP contribution in [0.3, 0.4) is 0 Å². The van der Waals surface area contributed by atoms with Gasteiger partial charge in [-0.25, -0.2) is 0 Å². The van der Waals surface area contributed by atoms with Crippen LogP contribution in [-0.4, -0.2) is 25.5 Å². The summed E-state index contributed by atoms with van der Waals surface area (Å²) in [5.74, 6) is 0.172. The first kappa shape index (κ1) is 16.5. The average Bonchev–Trinajstić information content (AvgIpc) is 2.43. The first-order chi connectivity index (χ1) is 9.54. The molecule has 0 bridgehead atoms. The summed E-state index contributed by atoms with van der Waals surface area (Å²) in [4.78, 5) is 23.7. The van der Waals surface area contributed by atoms with Crippen molar-refractivity contribution < 1.29 is 19.1 Å². The van der Waals surface area contributed by atoms with E-state index in [0.29, 0.717) is 24.4 Å². The first-order valence-corrected chi connectivity index (χ1v) is 7.17. The van der Waals surface area contributed by atoms with Gasteiger partial charge in [0.1, 0.15) is 0 Å². The molecule has 0 spiro atoms. The number of carbonyl (C=O) groups excluding carboxylic acids is 2. The Morgan fingerprint density at radius 1 is 1.25 bits per heavy atom. The fourth-order valence-electron chi connectivity index (χ4n) is 2.13. The van der Waals surface area contributed by atoms with Crippen LogP contribution in [0.2, 0.25) is 0 Å². The minimum Gasteiger partial charge on any atom is -0.493 e. The van der Waals surface area contributed by atoms with E-state index in [1.807, 2.05) is 19.1 Å². The van der Waals surface area contributed by atoms with Gasteiger partial charge < -0.3 is 9.47 Å². The molecule has 1 rings (SSSR count). The van der Waals surface area contributed by atoms with Gasteiger partial charge >= 0.3 is 5.97 Å². The molecule has 112 valence electrons. The number of ketones is 1. The lowest BCUT2D eigenvalue weighted by molar-refractivity contribution is -0.144. The topological polar surface area (TPSA) is 52.6 Å². The molecular weight excluding hydrogens is 256 g/mol. The van der Waals surface area contributed by atoms with Crippen LogP contribution in [0.5, 0.6) is 0 Å². The van der Waals surface area contributed by atoms with Gasteiger partial charge in [-0.05, 0) is 37.8 Å². The molecular formula is C16H24O4. The van der Waals surface area contributed by atoms with Crippen molar-refractivity contribution in [2.24, 2.45) is 5.92 Å². The third kappa shape index (κ3) is 5.59. The summed E-state index contributed by atoms with van der Waals surface area (Å²) < 4.78 is 10.4. The minimum atomic E-state index is -0.153. The molecule has 0 radical (unpaired) electrons. The molecule has 1 heterocycles. The van der Waals surface area contributed by atoms with Crippen molar-refractivity contribution in [3.8, 4) is 0 Å². The Balaban J connectivity index is 2.83. The number of allylic oxidation sites excluding steroid dienone is 2. The molecule has 0 aromatic carbocycles. The second-order valence-electron chi connectivity index (χ2n) is 5.21. The van der Waals surface area contributed by atoms with Gasteiger partial charge in [0, 0.05) is 12.3 Å². The van der Waals surface area contributed by atoms with E-state index in [1.54, 1.807) is 6.92 Å². The fraction of sp³-hybridized carbons (Fsp3) is 0.625. The van der Waals surface area contributed by atoms with Crippen molar-refractivity contribution in [1.82, 2.24) is 0 Å². The molecule has 0 amide bonds. The summed E-state index contributed by atoms with van der Waals surface area (Å²) in [5.41, 5.74) is 0.624. The van der Waals surface area contributed by atoms with Gasteiger partial charge in [-0.2, -0.15) is 0 Å². The van der Waals surface area contributed by atoms with Crippen molar-refractivity contribution in [3.05, 3.63) is 23.5 Å². The molecule has 0 aromatic heterocycles. The van der Waals surface area contributed by atoms with Crippen LogP contribution < -0.4 is 0 Å². The molecule has 0 saturated heterocycles. The maximum atomic E-state index is 12.2. The number of hydrogen-bond acceptors (Lipinski definition) is 4. The Kier molecular flexibility index (Phi) is 7.05. The van der Waals surface area contributed by atoms with Crippen LogP contribution in [-0.2, 0) is 19.1 Å². The number of carbonyl (C=O) groups is 2. The van der Waals surface area contributed by atoms with Crippen LogP contribution in [0.25, 0.3) is 0 Å². The van der Waals surface area contributed by atoms with E-state index < -0.39 is 0 Å². The third-order valence-corrected chi connectivity index (χ3v) is 3.26. The number of methoxy groups -OCH3 is 1. The molecule has 1 atom stereocenters. The van der Waals surface area contributed by atoms with Gasteiger partial charge in [-0.3, -0.25) is 9.59 Å². The predicted molar refractivity (Wildman–Crippen MR) is 77.1 cm³/mol. The summed E-state index contributed by atoms with van der Waals surface area (Å²) in [5, 5.41) is 0. The highest BCUT2D eigenvalue weighted by atomic mass is 16.5. The Bertz CT molecular complexity index is 407. The van der Waals surface area contributed by atoms with Crippen LogP contribution in [0.15, 0.2) is 23.5 Å². The predicted octanol–water partition coefficient (Wildman–Crippen LogP) is 3.18. The zero-order valence-electron chi connectivity index (χ0n) is 12.6. The molecule has 20 heavy (non-hydrogen) atoms. The molecule has 4 heteroatoms. The summed E-state index contributed by atoms with van der Waals surface area (Å²) in [7, 11) is 1.52. The SMILES string of the molecule is CO/C1=C\CCCCCC(=O)OCC(C)/C=C(\C)C1=O. The highest BCUT2D eigenvalue weighted by Crippen LogP contribution is 2.14. The second-order valence-corrected chi connectivity index (χ2v) is 5.21. The number of cyclic esters (lactones) is 1. The average molecular weight is 280 g/mol. The van der Waals surface area contributed by atoms with Crippen molar-refractivity contribution in [1.29, 1.82) is 0 Å². The number of Topliss-reactive ketones (excluding diaryl/α,β-unsaturated/α-hetero) is 1. The minimum absolute atomic E-state index is 0.0175. The lowest BCUT2D eigenvalue weighted by Gasteiger charge is -2.11. The molecule has 1 aliphatic heterocycles. The second kappa shape index (κ2) is 8.56. The van der Waals surface area contributed by atoms with Gasteiger partial charge in [0.15, 0.2) is 5.76 Å². The first-order valence-electron chi connectivity index (χ1n) is 7.17. The van der Waals surface area contributed by atoms with Crippen molar-refractivity contribution in [2.45, 2.75) is 46.0 Å². The normalized spacial score (nSPS) is 28.4. The number of rotatable bonds is 1. The maximum absolute atomic E-state index is 12.2. The van der Waals surface area contributed by atoms with E-state index in [0.717, 1.165) is 25.7 Å². The van der Waals surface area contributed by atoms with E-state index >= 15 is 0 Å². The fourth-order valence-corrected chi connectivity index (χ4v) is 2.13. The van der Waals surface area contributed by atoms with Crippen LogP contribution >= 0.6 is 0 Å². The molecule has 1 aliphatic rings. The zero-order valence-corrected chi connectivity index (χ0v) is 12.6. The smallest absolute Gasteiger partial charge is 0.305 e. The Morgan fingerprint density at radius 3 is 2.70 bits per heavy atom. The third-order valence-electron chi connectivity index (χ3n) is 3.26. The van der Waals surface area contributed by atoms with Crippen LogP contribution in [0, 0.1) is 5.92 Å². The highest BCUT2D eigenvalue weighted by molar-refractivity contribution is 6.06. The molecule has 0 aromatic rings. The van der Waals surface area contributed by atoms with Gasteiger partial charge in [-0.1, -0.05) is 19.4 Å². The molecule has 4 nitrogen and oxygen atoms in total. The van der Waals surface area contributed by atoms with E-state index in [1.165, 1.54) is 7.11 Å². The quantitative estimate of drug-likeness (QED) is 0.692. The molecule has 0 aliphatic carbocycles. The van der Waals surface area contributed by atoms with Crippen LogP contribution in [0.1, 0.15) is 46.0 Å². The van der Waals surface area contributed by atoms with Crippen molar-refractivity contribution >= 4 is 11.8 Å². The summed E-state index contributed by atoms with van der Waals surface area (Å²) in [6, 6.07) is 0. The van der Waals surface area contributed by atoms with Crippen molar-refractivity contribution in [3.63, 3.8) is 0 Å². The van der Waals surface area contributed by atoms with E-state index in [-0.39, 0.29) is 17.7 Å². The number of hydrogen-bond donors (Lipinski definition) is 0. The Morgan fingerprint density at radius 2 is 2.00 bits per heavy atom. The van der Waals surface area contributed by atoms with E-state index in [2.05, 4.69) is 0 Å². The van der Waals surface area contributed by atoms with E-state index in [4.69, 9.17) is 9.47 Å². The van der Waals surface area contributed by atoms with Gasteiger partial charge in [-0.15, -0.1) is 0 Å². The lowest BCUT2D eigenvalue weighted by atomic mass is 10.0. The summed E-state index contributed by atoms with van der Waals surface area (Å²) in [6.07, 6.45) is 7.63.